The third-order valence-electron chi connectivity index (χ3n) is 4.55. The molecule has 1 aromatic carbocycles. The molecule has 1 aliphatic rings. The summed E-state index contributed by atoms with van der Waals surface area (Å²) in [5.74, 6) is -1.50. The Balaban J connectivity index is 0.00000105. The highest BCUT2D eigenvalue weighted by molar-refractivity contribution is 6.35. The number of halogens is 3. The van der Waals surface area contributed by atoms with E-state index in [-0.39, 0.29) is 18.0 Å². The summed E-state index contributed by atoms with van der Waals surface area (Å²) >= 11 is 11.8. The number of nitrogens with zero attached hydrogens (tertiary/aromatic N) is 1. The van der Waals surface area contributed by atoms with Crippen molar-refractivity contribution in [1.82, 2.24) is 4.90 Å². The van der Waals surface area contributed by atoms with Crippen molar-refractivity contribution in [2.45, 2.75) is 38.8 Å². The molecule has 1 heterocycles. The molecule has 0 spiro atoms. The first kappa shape index (κ1) is 22.6. The van der Waals surface area contributed by atoms with Gasteiger partial charge in [0.1, 0.15) is 5.82 Å². The Morgan fingerprint density at radius 2 is 2.04 bits per heavy atom. The van der Waals surface area contributed by atoms with E-state index in [1.54, 1.807) is 0 Å². The minimum absolute atomic E-state index is 0.0368. The quantitative estimate of drug-likeness (QED) is 0.509. The van der Waals surface area contributed by atoms with Gasteiger partial charge in [-0.1, -0.05) is 36.5 Å². The molecule has 0 amide bonds. The smallest absolute Gasteiger partial charge is 0.312 e. The third-order valence-corrected chi connectivity index (χ3v) is 5.19. The van der Waals surface area contributed by atoms with Crippen molar-refractivity contribution in [1.29, 1.82) is 0 Å². The predicted molar refractivity (Wildman–Crippen MR) is 96.0 cm³/mol. The average Bonchev–Trinajstić information content (AvgIpc) is 2.56. The Morgan fingerprint density at radius 1 is 1.42 bits per heavy atom. The van der Waals surface area contributed by atoms with Crippen LogP contribution in [0.5, 0.6) is 0 Å². The van der Waals surface area contributed by atoms with Crippen LogP contribution >= 0.6 is 23.2 Å². The number of benzene rings is 1. The summed E-state index contributed by atoms with van der Waals surface area (Å²) in [7, 11) is 0. The van der Waals surface area contributed by atoms with Crippen LogP contribution in [0.1, 0.15) is 31.7 Å². The molecule has 2 atom stereocenters. The lowest BCUT2D eigenvalue weighted by molar-refractivity contribution is -0.164. The van der Waals surface area contributed by atoms with Crippen LogP contribution in [0.4, 0.5) is 4.39 Å². The second-order valence-corrected chi connectivity index (χ2v) is 6.99. The maximum atomic E-state index is 13.6. The number of carbonyl (C=O) groups is 2. The zero-order chi connectivity index (χ0) is 19.9. The fraction of sp³-hybridized carbons (Fsp3) is 0.529. The molecule has 0 unspecified atom stereocenters. The van der Waals surface area contributed by atoms with Gasteiger partial charge in [-0.3, -0.25) is 14.5 Å². The van der Waals surface area contributed by atoms with Crippen LogP contribution in [0.2, 0.25) is 10.0 Å². The number of hydrogen-bond acceptors (Lipinski definition) is 4. The summed E-state index contributed by atoms with van der Waals surface area (Å²) in [6.45, 7) is 2.71. The second-order valence-electron chi connectivity index (χ2n) is 6.18. The first-order chi connectivity index (χ1) is 12.2. The minimum Gasteiger partial charge on any atom is -0.483 e. The lowest BCUT2D eigenvalue weighted by Crippen LogP contribution is -2.54. The van der Waals surface area contributed by atoms with Gasteiger partial charge in [-0.05, 0) is 37.1 Å². The van der Waals surface area contributed by atoms with E-state index in [1.165, 1.54) is 12.1 Å². The molecule has 0 bridgehead atoms. The molecule has 0 saturated carbocycles. The highest BCUT2D eigenvalue weighted by atomic mass is 35.5. The van der Waals surface area contributed by atoms with Gasteiger partial charge in [-0.2, -0.15) is 0 Å². The summed E-state index contributed by atoms with van der Waals surface area (Å²) < 4.78 is 13.6. The molecule has 1 aromatic rings. The van der Waals surface area contributed by atoms with Crippen molar-refractivity contribution in [3.63, 3.8) is 0 Å². The fourth-order valence-electron chi connectivity index (χ4n) is 3.20. The van der Waals surface area contributed by atoms with Crippen LogP contribution in [0.15, 0.2) is 12.1 Å². The number of piperidine rings is 1. The maximum absolute atomic E-state index is 13.6. The first-order valence-corrected chi connectivity index (χ1v) is 8.82. The molecule has 3 N–H and O–H groups in total. The molecule has 0 radical (unpaired) electrons. The number of carboxylic acids is 1. The van der Waals surface area contributed by atoms with Crippen molar-refractivity contribution >= 4 is 35.6 Å². The van der Waals surface area contributed by atoms with Crippen molar-refractivity contribution in [2.75, 3.05) is 13.1 Å². The number of rotatable bonds is 5. The molecule has 146 valence electrons. The number of β-amino-alcohol motifs (C(OH)–C–C–N with tert-alkyl or cyclic N) is 1. The van der Waals surface area contributed by atoms with Gasteiger partial charge < -0.3 is 15.3 Å². The number of hydrogen-bond donors (Lipinski definition) is 3. The Labute approximate surface area is 161 Å². The van der Waals surface area contributed by atoms with E-state index >= 15 is 0 Å². The van der Waals surface area contributed by atoms with Gasteiger partial charge in [0.15, 0.2) is 0 Å². The van der Waals surface area contributed by atoms with Gasteiger partial charge in [0, 0.05) is 18.1 Å². The minimum atomic E-state index is -1.10. The molecule has 1 saturated heterocycles. The summed E-state index contributed by atoms with van der Waals surface area (Å²) in [5, 5.41) is 27.1. The number of aliphatic carboxylic acids is 1. The van der Waals surface area contributed by atoms with E-state index in [4.69, 9.17) is 33.1 Å². The van der Waals surface area contributed by atoms with Gasteiger partial charge in [-0.25, -0.2) is 4.39 Å². The third kappa shape index (κ3) is 5.30. The van der Waals surface area contributed by atoms with Crippen LogP contribution in [0.3, 0.4) is 0 Å². The molecular formula is C17H22Cl2FNO5. The predicted octanol–water partition coefficient (Wildman–Crippen LogP) is 3.27. The summed E-state index contributed by atoms with van der Waals surface area (Å²) in [5.41, 5.74) is -0.528. The standard InChI is InChI=1S/C16H20Cl2FNO3.CH2O2/c1-2-3-16(15(22)23)4-5-20(9-14(16)21)8-10-6-13(19)12(18)7-11(10)17;2-1-3/h6-7,14,21H,2-5,8-9H2,1H3,(H,22,23);1H,(H,2,3)/t14-,16-;/m0./s1. The fourth-order valence-corrected chi connectivity index (χ4v) is 3.64. The number of likely N-dealkylation sites (tertiary alicyclic amines) is 1. The first-order valence-electron chi connectivity index (χ1n) is 8.06. The van der Waals surface area contributed by atoms with E-state index in [0.29, 0.717) is 42.9 Å². The van der Waals surface area contributed by atoms with Crippen molar-refractivity contribution in [3.8, 4) is 0 Å². The molecule has 6 nitrogen and oxygen atoms in total. The average molecular weight is 410 g/mol. The van der Waals surface area contributed by atoms with Crippen LogP contribution in [0, 0.1) is 11.2 Å². The molecule has 1 aliphatic heterocycles. The lowest BCUT2D eigenvalue weighted by Gasteiger charge is -2.42. The SMILES string of the molecule is CCC[C@]1(C(=O)O)CCN(Cc2cc(F)c(Cl)cc2Cl)C[C@@H]1O.O=CO. The molecule has 0 aliphatic carbocycles. The Morgan fingerprint density at radius 3 is 2.54 bits per heavy atom. The maximum Gasteiger partial charge on any atom is 0.312 e. The van der Waals surface area contributed by atoms with Crippen LogP contribution in [-0.4, -0.2) is 51.9 Å². The Bertz CT molecular complexity index is 646. The molecule has 26 heavy (non-hydrogen) atoms. The van der Waals surface area contributed by atoms with Crippen molar-refractivity contribution < 1.29 is 29.3 Å². The lowest BCUT2D eigenvalue weighted by atomic mass is 9.73. The van der Waals surface area contributed by atoms with Gasteiger partial charge >= 0.3 is 5.97 Å². The van der Waals surface area contributed by atoms with Gasteiger partial charge in [0.2, 0.25) is 0 Å². The Kier molecular flexibility index (Phi) is 8.76. The monoisotopic (exact) mass is 409 g/mol. The largest absolute Gasteiger partial charge is 0.483 e. The van der Waals surface area contributed by atoms with E-state index in [2.05, 4.69) is 0 Å². The van der Waals surface area contributed by atoms with Crippen LogP contribution < -0.4 is 0 Å². The van der Waals surface area contributed by atoms with E-state index in [9.17, 15) is 19.4 Å². The van der Waals surface area contributed by atoms with Crippen LogP contribution in [0.25, 0.3) is 0 Å². The van der Waals surface area contributed by atoms with Crippen LogP contribution in [-0.2, 0) is 16.1 Å². The highest BCUT2D eigenvalue weighted by Crippen LogP contribution is 2.37. The highest BCUT2D eigenvalue weighted by Gasteiger charge is 2.47. The molecule has 2 rings (SSSR count). The molecule has 0 aromatic heterocycles. The molecule has 9 heteroatoms. The Hall–Kier alpha value is -1.41. The van der Waals surface area contributed by atoms with Gasteiger partial charge in [-0.15, -0.1) is 0 Å². The number of carboxylic acid groups (broad SMARTS) is 2. The van der Waals surface area contributed by atoms with E-state index in [0.717, 1.165) is 0 Å². The van der Waals surface area contributed by atoms with E-state index < -0.39 is 23.3 Å². The van der Waals surface area contributed by atoms with E-state index in [1.807, 2.05) is 11.8 Å². The number of aliphatic hydroxyl groups is 1. The zero-order valence-electron chi connectivity index (χ0n) is 14.3. The topological polar surface area (TPSA) is 98.1 Å². The zero-order valence-corrected chi connectivity index (χ0v) is 15.8. The normalized spacial score (nSPS) is 23.0. The summed E-state index contributed by atoms with van der Waals surface area (Å²) in [6.07, 6.45) is 0.514. The van der Waals surface area contributed by atoms with Crippen molar-refractivity contribution in [3.05, 3.63) is 33.6 Å². The summed E-state index contributed by atoms with van der Waals surface area (Å²) in [4.78, 5) is 21.9. The van der Waals surface area contributed by atoms with Crippen molar-refractivity contribution in [2.24, 2.45) is 5.41 Å². The van der Waals surface area contributed by atoms with Gasteiger partial charge in [0.05, 0.1) is 16.5 Å². The molecule has 1 fully saturated rings. The summed E-state index contributed by atoms with van der Waals surface area (Å²) in [6, 6.07) is 2.63. The molecular weight excluding hydrogens is 388 g/mol. The number of aliphatic hydroxyl groups excluding tert-OH is 1. The van der Waals surface area contributed by atoms with Gasteiger partial charge in [0.25, 0.3) is 6.47 Å². The second kappa shape index (κ2) is 10.1.